The van der Waals surface area contributed by atoms with Crippen molar-refractivity contribution >= 4 is 23.2 Å². The van der Waals surface area contributed by atoms with Crippen molar-refractivity contribution in [1.82, 2.24) is 4.90 Å². The van der Waals surface area contributed by atoms with Crippen LogP contribution in [0.2, 0.25) is 0 Å². The van der Waals surface area contributed by atoms with Crippen LogP contribution in [-0.4, -0.2) is 73.6 Å². The summed E-state index contributed by atoms with van der Waals surface area (Å²) >= 11 is 0. The van der Waals surface area contributed by atoms with E-state index in [2.05, 4.69) is 0 Å². The second-order valence-electron chi connectivity index (χ2n) is 8.96. The Hall–Kier alpha value is -3.21. The van der Waals surface area contributed by atoms with Crippen LogP contribution >= 0.6 is 0 Å². The molecule has 10 nitrogen and oxygen atoms in total. The Morgan fingerprint density at radius 3 is 2.34 bits per heavy atom. The predicted octanol–water partition coefficient (Wildman–Crippen LogP) is -0.371. The minimum Gasteiger partial charge on any atom is -0.508 e. The number of ketones is 2. The summed E-state index contributed by atoms with van der Waals surface area (Å²) in [6, 6.07) is 3.02. The molecule has 10 heteroatoms. The molecule has 0 aliphatic heterocycles. The van der Waals surface area contributed by atoms with Crippen molar-refractivity contribution in [2.45, 2.75) is 30.6 Å². The van der Waals surface area contributed by atoms with E-state index in [0.717, 1.165) is 0 Å². The number of likely N-dealkylation sites (N-methyl/N-ethyl adjacent to an activating group) is 1. The highest BCUT2D eigenvalue weighted by atomic mass is 16.3. The topological polar surface area (TPSA) is 182 Å². The lowest BCUT2D eigenvalue weighted by Gasteiger charge is -2.53. The number of hydrogen-bond donors (Lipinski definition) is 6. The summed E-state index contributed by atoms with van der Waals surface area (Å²) in [5.74, 6) is -7.90. The smallest absolute Gasteiger partial charge is 0.255 e. The van der Waals surface area contributed by atoms with Gasteiger partial charge in [0.25, 0.3) is 5.91 Å². The number of nitrogens with zero attached hydrogens (tertiary/aromatic N) is 1. The van der Waals surface area contributed by atoms with Crippen molar-refractivity contribution in [3.63, 3.8) is 0 Å². The van der Waals surface area contributed by atoms with Crippen LogP contribution < -0.4 is 5.73 Å². The molecule has 1 aromatic rings. The number of carbonyl (C=O) groups excluding carboxylic acids is 3. The van der Waals surface area contributed by atoms with E-state index >= 15 is 0 Å². The zero-order chi connectivity index (χ0) is 23.9. The second kappa shape index (κ2) is 6.64. The molecule has 4 rings (SSSR count). The first-order chi connectivity index (χ1) is 14.8. The fraction of sp³-hybridized carbons (Fsp3) is 0.409. The van der Waals surface area contributed by atoms with Crippen LogP contribution in [0.15, 0.2) is 35.1 Å². The van der Waals surface area contributed by atoms with E-state index in [4.69, 9.17) is 5.73 Å². The average molecular weight is 444 g/mol. The molecular formula is C22H24N2O8. The number of phenolic OH excluding ortho intramolecular Hbond substituents is 1. The van der Waals surface area contributed by atoms with Crippen molar-refractivity contribution in [3.05, 3.63) is 46.2 Å². The van der Waals surface area contributed by atoms with Crippen molar-refractivity contribution in [2.24, 2.45) is 17.6 Å². The van der Waals surface area contributed by atoms with Gasteiger partial charge in [0.2, 0.25) is 5.78 Å². The van der Waals surface area contributed by atoms with Gasteiger partial charge in [0.15, 0.2) is 11.4 Å². The molecule has 5 atom stereocenters. The van der Waals surface area contributed by atoms with E-state index in [0.29, 0.717) is 0 Å². The molecule has 1 amide bonds. The summed E-state index contributed by atoms with van der Waals surface area (Å²) in [5, 5.41) is 54.9. The number of aliphatic hydroxyl groups excluding tert-OH is 2. The van der Waals surface area contributed by atoms with Crippen LogP contribution in [0.5, 0.6) is 5.75 Å². The molecule has 0 radical (unpaired) electrons. The van der Waals surface area contributed by atoms with E-state index in [1.807, 2.05) is 0 Å². The summed E-state index contributed by atoms with van der Waals surface area (Å²) in [4.78, 5) is 40.0. The minimum absolute atomic E-state index is 0.170. The van der Waals surface area contributed by atoms with Crippen LogP contribution in [0.1, 0.15) is 24.5 Å². The highest BCUT2D eigenvalue weighted by Gasteiger charge is 2.66. The largest absolute Gasteiger partial charge is 0.508 e. The third kappa shape index (κ3) is 2.48. The summed E-state index contributed by atoms with van der Waals surface area (Å²) in [5.41, 5.74) is -0.548. The Balaban J connectivity index is 2.05. The lowest BCUT2D eigenvalue weighted by atomic mass is 9.54. The Kier molecular flexibility index (Phi) is 4.57. The van der Waals surface area contributed by atoms with E-state index < -0.39 is 75.0 Å². The number of Topliss-reactive ketones (excluding diaryl/α,β-unsaturated/α-hetero) is 2. The molecule has 1 saturated carbocycles. The Morgan fingerprint density at radius 2 is 1.78 bits per heavy atom. The maximum atomic E-state index is 13.7. The predicted molar refractivity (Wildman–Crippen MR) is 110 cm³/mol. The van der Waals surface area contributed by atoms with Gasteiger partial charge in [-0.05, 0) is 39.1 Å². The Morgan fingerprint density at radius 1 is 1.16 bits per heavy atom. The number of primary amides is 1. The number of fused-ring (bicyclic) bond motifs is 3. The number of nitrogens with two attached hydrogens (primary N) is 1. The third-order valence-corrected chi connectivity index (χ3v) is 7.02. The number of carbonyl (C=O) groups is 3. The molecule has 7 N–H and O–H groups in total. The fourth-order valence-electron chi connectivity index (χ4n) is 5.50. The molecule has 32 heavy (non-hydrogen) atoms. The second-order valence-corrected chi connectivity index (χ2v) is 8.96. The first-order valence-electron chi connectivity index (χ1n) is 9.97. The first-order valence-corrected chi connectivity index (χ1v) is 9.97. The molecule has 0 saturated heterocycles. The molecule has 0 aromatic heterocycles. The zero-order valence-electron chi connectivity index (χ0n) is 17.7. The van der Waals surface area contributed by atoms with Gasteiger partial charge in [-0.2, -0.15) is 0 Å². The van der Waals surface area contributed by atoms with Gasteiger partial charge >= 0.3 is 0 Å². The highest BCUT2D eigenvalue weighted by Crippen LogP contribution is 2.57. The number of rotatable bonds is 2. The first kappa shape index (κ1) is 22.0. The molecule has 170 valence electrons. The number of aromatic hydroxyl groups is 1. The zero-order valence-corrected chi connectivity index (χ0v) is 17.7. The average Bonchev–Trinajstić information content (AvgIpc) is 2.68. The number of amides is 1. The molecule has 3 aliphatic rings. The molecular weight excluding hydrogens is 420 g/mol. The van der Waals surface area contributed by atoms with Gasteiger partial charge < -0.3 is 31.3 Å². The number of benzene rings is 1. The fourth-order valence-corrected chi connectivity index (χ4v) is 5.50. The van der Waals surface area contributed by atoms with Crippen molar-refractivity contribution in [1.29, 1.82) is 0 Å². The van der Waals surface area contributed by atoms with Crippen molar-refractivity contribution in [2.75, 3.05) is 14.1 Å². The summed E-state index contributed by atoms with van der Waals surface area (Å²) < 4.78 is 0. The molecule has 0 heterocycles. The SMILES string of the molecule is CN(C)[C@H]1C(=O)C(C(N)=O)=C(O)[C@]2(O)C(=O)C3=C(O)c4c(O)cccc4C(C)(O)[C@@H]3C[C@H]12. The van der Waals surface area contributed by atoms with E-state index in [-0.39, 0.29) is 17.5 Å². The lowest BCUT2D eigenvalue weighted by Crippen LogP contribution is -2.67. The Labute approximate surface area is 182 Å². The van der Waals surface area contributed by atoms with Gasteiger partial charge in [0.1, 0.15) is 22.8 Å². The van der Waals surface area contributed by atoms with Gasteiger partial charge in [-0.25, -0.2) is 0 Å². The maximum Gasteiger partial charge on any atom is 0.255 e. The molecule has 0 spiro atoms. The quantitative estimate of drug-likeness (QED) is 0.332. The van der Waals surface area contributed by atoms with Crippen LogP contribution in [0.25, 0.3) is 5.76 Å². The molecule has 1 fully saturated rings. The molecule has 3 aliphatic carbocycles. The standard InChI is InChI=1S/C22H24N2O8/c1-21(31)8-5-4-6-11(25)12(8)16(26)13-9(21)7-10-15(24(2)3)17(27)14(20(23)30)19(29)22(10,32)18(13)28/h4-6,9-10,15,25-26,29,31-32H,7H2,1-3H3,(H2,23,30)/t9-,10-,15-,21?,22-/m1/s1. The lowest BCUT2D eigenvalue weighted by molar-refractivity contribution is -0.159. The summed E-state index contributed by atoms with van der Waals surface area (Å²) in [6.45, 7) is 1.40. The normalized spacial score (nSPS) is 34.4. The van der Waals surface area contributed by atoms with Crippen LogP contribution in [0.3, 0.4) is 0 Å². The number of hydrogen-bond acceptors (Lipinski definition) is 9. The van der Waals surface area contributed by atoms with Crippen molar-refractivity contribution in [3.8, 4) is 5.75 Å². The van der Waals surface area contributed by atoms with Crippen molar-refractivity contribution < 1.29 is 39.9 Å². The van der Waals surface area contributed by atoms with Gasteiger partial charge in [-0.1, -0.05) is 12.1 Å². The monoisotopic (exact) mass is 444 g/mol. The van der Waals surface area contributed by atoms with Gasteiger partial charge in [-0.3, -0.25) is 19.3 Å². The van der Waals surface area contributed by atoms with E-state index in [9.17, 15) is 39.9 Å². The summed E-state index contributed by atoms with van der Waals surface area (Å²) in [7, 11) is 3.01. The number of aliphatic hydroxyl groups is 4. The molecule has 1 unspecified atom stereocenters. The van der Waals surface area contributed by atoms with E-state index in [1.54, 1.807) is 0 Å². The minimum atomic E-state index is -2.75. The number of phenols is 1. The molecule has 0 bridgehead atoms. The van der Waals surface area contributed by atoms with E-state index in [1.165, 1.54) is 44.1 Å². The van der Waals surface area contributed by atoms with Gasteiger partial charge in [0, 0.05) is 17.4 Å². The van der Waals surface area contributed by atoms with Gasteiger partial charge in [0.05, 0.1) is 17.2 Å². The maximum absolute atomic E-state index is 13.7. The molecule has 1 aromatic carbocycles. The van der Waals surface area contributed by atoms with Crippen LogP contribution in [-0.2, 0) is 20.0 Å². The third-order valence-electron chi connectivity index (χ3n) is 7.02. The van der Waals surface area contributed by atoms with Crippen LogP contribution in [0, 0.1) is 11.8 Å². The Bertz CT molecular complexity index is 1150. The highest BCUT2D eigenvalue weighted by molar-refractivity contribution is 6.24. The summed E-state index contributed by atoms with van der Waals surface area (Å²) in [6.07, 6.45) is -0.200. The van der Waals surface area contributed by atoms with Crippen LogP contribution in [0.4, 0.5) is 0 Å². The van der Waals surface area contributed by atoms with Gasteiger partial charge in [-0.15, -0.1) is 0 Å².